The van der Waals surface area contributed by atoms with Crippen LogP contribution in [0.1, 0.15) is 10.4 Å². The topological polar surface area (TPSA) is 47.8 Å². The largest absolute Gasteiger partial charge is 0.298 e. The molecule has 0 radical (unpaired) electrons. The zero-order chi connectivity index (χ0) is 14.8. The Kier molecular flexibility index (Phi) is 3.27. The number of nitrogens with zero attached hydrogens (tertiary/aromatic N) is 3. The Hall–Kier alpha value is -2.89. The van der Waals surface area contributed by atoms with Crippen LogP contribution in [0.2, 0.25) is 0 Å². The minimum atomic E-state index is -0.537. The van der Waals surface area contributed by atoms with E-state index in [1.165, 1.54) is 35.3 Å². The lowest BCUT2D eigenvalue weighted by atomic mass is 10.1. The SMILES string of the molecule is O=Cc1cn(-c2ccccc2F)nc1-c1cncc(F)c1. The molecule has 0 bridgehead atoms. The summed E-state index contributed by atoms with van der Waals surface area (Å²) in [4.78, 5) is 14.9. The first-order chi connectivity index (χ1) is 10.2. The number of carbonyl (C=O) groups excluding carboxylic acids is 1. The summed E-state index contributed by atoms with van der Waals surface area (Å²) in [5.74, 6) is -1.01. The van der Waals surface area contributed by atoms with Gasteiger partial charge in [0.25, 0.3) is 0 Å². The molecule has 4 nitrogen and oxygen atoms in total. The van der Waals surface area contributed by atoms with Crippen LogP contribution >= 0.6 is 0 Å². The van der Waals surface area contributed by atoms with Gasteiger partial charge in [-0.15, -0.1) is 0 Å². The van der Waals surface area contributed by atoms with Gasteiger partial charge in [-0.3, -0.25) is 9.78 Å². The van der Waals surface area contributed by atoms with E-state index in [4.69, 9.17) is 0 Å². The number of hydrogen-bond acceptors (Lipinski definition) is 3. The van der Waals surface area contributed by atoms with Crippen LogP contribution in [-0.4, -0.2) is 21.1 Å². The first-order valence-electron chi connectivity index (χ1n) is 6.09. The number of rotatable bonds is 3. The van der Waals surface area contributed by atoms with Crippen LogP contribution in [0.5, 0.6) is 0 Å². The molecule has 0 saturated heterocycles. The standard InChI is InChI=1S/C15H9F2N3O/c16-12-5-10(6-18-7-12)15-11(9-21)8-20(19-15)14-4-2-1-3-13(14)17/h1-9H. The number of aromatic nitrogens is 3. The predicted molar refractivity (Wildman–Crippen MR) is 72.1 cm³/mol. The fourth-order valence-corrected chi connectivity index (χ4v) is 2.00. The van der Waals surface area contributed by atoms with Crippen molar-refractivity contribution in [2.24, 2.45) is 0 Å². The minimum Gasteiger partial charge on any atom is -0.298 e. The second-order valence-electron chi connectivity index (χ2n) is 4.34. The van der Waals surface area contributed by atoms with Crippen molar-refractivity contribution in [3.63, 3.8) is 0 Å². The summed E-state index contributed by atoms with van der Waals surface area (Å²) in [6.07, 6.45) is 4.43. The van der Waals surface area contributed by atoms with Crippen molar-refractivity contribution in [1.29, 1.82) is 0 Å². The second kappa shape index (κ2) is 5.24. The highest BCUT2D eigenvalue weighted by atomic mass is 19.1. The highest BCUT2D eigenvalue weighted by molar-refractivity contribution is 5.85. The lowest BCUT2D eigenvalue weighted by Gasteiger charge is -2.02. The number of halogens is 2. The summed E-state index contributed by atoms with van der Waals surface area (Å²) in [7, 11) is 0. The molecule has 0 atom stereocenters. The molecule has 21 heavy (non-hydrogen) atoms. The number of pyridine rings is 1. The van der Waals surface area contributed by atoms with Crippen molar-refractivity contribution in [2.45, 2.75) is 0 Å². The van der Waals surface area contributed by atoms with E-state index in [1.54, 1.807) is 12.1 Å². The maximum Gasteiger partial charge on any atom is 0.153 e. The van der Waals surface area contributed by atoms with Gasteiger partial charge in [0.05, 0.1) is 11.8 Å². The van der Waals surface area contributed by atoms with Gasteiger partial charge in [0.1, 0.15) is 23.0 Å². The summed E-state index contributed by atoms with van der Waals surface area (Å²) in [5, 5.41) is 4.16. The van der Waals surface area contributed by atoms with Crippen molar-refractivity contribution in [3.05, 3.63) is 66.1 Å². The summed E-state index contributed by atoms with van der Waals surface area (Å²) in [5.41, 5.74) is 1.04. The predicted octanol–water partition coefficient (Wildman–Crippen LogP) is 3.03. The molecular formula is C15H9F2N3O. The Morgan fingerprint density at radius 1 is 1.14 bits per heavy atom. The normalized spacial score (nSPS) is 10.6. The lowest BCUT2D eigenvalue weighted by molar-refractivity contribution is 0.112. The maximum atomic E-state index is 13.8. The molecule has 6 heteroatoms. The Morgan fingerprint density at radius 3 is 2.67 bits per heavy atom. The van der Waals surface area contributed by atoms with Crippen LogP contribution in [0.3, 0.4) is 0 Å². The van der Waals surface area contributed by atoms with Crippen LogP contribution < -0.4 is 0 Å². The van der Waals surface area contributed by atoms with Gasteiger partial charge in [-0.25, -0.2) is 13.5 Å². The van der Waals surface area contributed by atoms with Crippen LogP contribution in [0.25, 0.3) is 16.9 Å². The van der Waals surface area contributed by atoms with Crippen molar-refractivity contribution < 1.29 is 13.6 Å². The minimum absolute atomic E-state index is 0.205. The molecule has 0 unspecified atom stereocenters. The molecule has 0 N–H and O–H groups in total. The number of aldehydes is 1. The highest BCUT2D eigenvalue weighted by Gasteiger charge is 2.14. The van der Waals surface area contributed by atoms with E-state index in [0.29, 0.717) is 11.8 Å². The highest BCUT2D eigenvalue weighted by Crippen LogP contribution is 2.23. The molecule has 0 amide bonds. The van der Waals surface area contributed by atoms with Crippen LogP contribution in [0, 0.1) is 11.6 Å². The Balaban J connectivity index is 2.15. The molecule has 0 aliphatic carbocycles. The summed E-state index contributed by atoms with van der Waals surface area (Å²) >= 11 is 0. The van der Waals surface area contributed by atoms with E-state index in [9.17, 15) is 13.6 Å². The molecule has 2 heterocycles. The van der Waals surface area contributed by atoms with Gasteiger partial charge in [0, 0.05) is 18.0 Å². The maximum absolute atomic E-state index is 13.8. The zero-order valence-electron chi connectivity index (χ0n) is 10.7. The van der Waals surface area contributed by atoms with Gasteiger partial charge < -0.3 is 0 Å². The van der Waals surface area contributed by atoms with Crippen molar-refractivity contribution in [2.75, 3.05) is 0 Å². The van der Waals surface area contributed by atoms with Crippen LogP contribution in [0.15, 0.2) is 48.9 Å². The Morgan fingerprint density at radius 2 is 1.95 bits per heavy atom. The summed E-state index contributed by atoms with van der Waals surface area (Å²) in [6.45, 7) is 0. The molecule has 3 aromatic rings. The Labute approximate surface area is 118 Å². The molecule has 1 aromatic carbocycles. The van der Waals surface area contributed by atoms with E-state index >= 15 is 0 Å². The van der Waals surface area contributed by atoms with E-state index in [-0.39, 0.29) is 16.9 Å². The number of benzene rings is 1. The molecular weight excluding hydrogens is 276 g/mol. The Bertz CT molecular complexity index is 814. The molecule has 0 aliphatic rings. The molecule has 0 saturated carbocycles. The van der Waals surface area contributed by atoms with Gasteiger partial charge >= 0.3 is 0 Å². The first kappa shape index (κ1) is 13.1. The molecule has 3 rings (SSSR count). The third-order valence-electron chi connectivity index (χ3n) is 2.95. The van der Waals surface area contributed by atoms with Crippen molar-refractivity contribution >= 4 is 6.29 Å². The summed E-state index contributed by atoms with van der Waals surface area (Å²) in [6, 6.07) is 7.25. The monoisotopic (exact) mass is 285 g/mol. The average molecular weight is 285 g/mol. The van der Waals surface area contributed by atoms with E-state index < -0.39 is 11.6 Å². The van der Waals surface area contributed by atoms with Crippen molar-refractivity contribution in [1.82, 2.24) is 14.8 Å². The molecule has 0 fully saturated rings. The van der Waals surface area contributed by atoms with Crippen LogP contribution in [0.4, 0.5) is 8.78 Å². The third kappa shape index (κ3) is 2.43. The van der Waals surface area contributed by atoms with Gasteiger partial charge in [-0.05, 0) is 18.2 Å². The van der Waals surface area contributed by atoms with Crippen molar-refractivity contribution in [3.8, 4) is 16.9 Å². The van der Waals surface area contributed by atoms with Gasteiger partial charge in [-0.2, -0.15) is 5.10 Å². The van der Waals surface area contributed by atoms with Crippen LogP contribution in [-0.2, 0) is 0 Å². The number of hydrogen-bond donors (Lipinski definition) is 0. The zero-order valence-corrected chi connectivity index (χ0v) is 10.7. The first-order valence-corrected chi connectivity index (χ1v) is 6.09. The third-order valence-corrected chi connectivity index (χ3v) is 2.95. The van der Waals surface area contributed by atoms with Gasteiger partial charge in [-0.1, -0.05) is 12.1 Å². The second-order valence-corrected chi connectivity index (χ2v) is 4.34. The molecule has 0 aliphatic heterocycles. The quantitative estimate of drug-likeness (QED) is 0.695. The lowest BCUT2D eigenvalue weighted by Crippen LogP contribution is -1.98. The fourth-order valence-electron chi connectivity index (χ4n) is 2.00. The molecule has 104 valence electrons. The van der Waals surface area contributed by atoms with E-state index in [0.717, 1.165) is 6.20 Å². The van der Waals surface area contributed by atoms with Gasteiger partial charge in [0.2, 0.25) is 0 Å². The number of carbonyl (C=O) groups is 1. The van der Waals surface area contributed by atoms with E-state index in [2.05, 4.69) is 10.1 Å². The number of para-hydroxylation sites is 1. The molecule has 2 aromatic heterocycles. The molecule has 0 spiro atoms. The van der Waals surface area contributed by atoms with Gasteiger partial charge in [0.15, 0.2) is 6.29 Å². The summed E-state index contributed by atoms with van der Waals surface area (Å²) < 4.78 is 28.3. The fraction of sp³-hybridized carbons (Fsp3) is 0. The average Bonchev–Trinajstić information content (AvgIpc) is 2.92. The van der Waals surface area contributed by atoms with E-state index in [1.807, 2.05) is 0 Å². The smallest absolute Gasteiger partial charge is 0.153 e.